The molecule has 0 saturated carbocycles. The average Bonchev–Trinajstić information content (AvgIpc) is 2.86. The number of piperazine rings is 1. The van der Waals surface area contributed by atoms with Crippen molar-refractivity contribution >= 4 is 23.2 Å². The number of nitrogens with one attached hydrogen (secondary N) is 1. The quantitative estimate of drug-likeness (QED) is 0.898. The molecule has 1 aliphatic heterocycles. The standard InChI is InChI=1S/C12H17N3O2S/c1-4-12(3)11(17)15(7-9(16)14-12)8(2)10-13-5-6-18-10/h5-6,8H,4,7H2,1-3H3,(H,14,16). The van der Waals surface area contributed by atoms with Crippen LogP contribution >= 0.6 is 11.3 Å². The molecule has 1 N–H and O–H groups in total. The molecule has 1 aromatic heterocycles. The highest BCUT2D eigenvalue weighted by Crippen LogP contribution is 2.27. The van der Waals surface area contributed by atoms with Crippen LogP contribution in [0.1, 0.15) is 38.2 Å². The molecule has 2 heterocycles. The maximum Gasteiger partial charge on any atom is 0.249 e. The van der Waals surface area contributed by atoms with Gasteiger partial charge in [0, 0.05) is 11.6 Å². The number of amides is 2. The van der Waals surface area contributed by atoms with Crippen molar-refractivity contribution in [3.05, 3.63) is 16.6 Å². The van der Waals surface area contributed by atoms with Crippen LogP contribution in [0.2, 0.25) is 0 Å². The molecule has 2 atom stereocenters. The van der Waals surface area contributed by atoms with Crippen LogP contribution in [-0.4, -0.2) is 33.8 Å². The summed E-state index contributed by atoms with van der Waals surface area (Å²) in [6, 6.07) is -0.158. The Morgan fingerprint density at radius 3 is 2.89 bits per heavy atom. The van der Waals surface area contributed by atoms with E-state index < -0.39 is 5.54 Å². The number of aromatic nitrogens is 1. The van der Waals surface area contributed by atoms with E-state index >= 15 is 0 Å². The maximum absolute atomic E-state index is 12.4. The molecule has 2 rings (SSSR count). The Morgan fingerprint density at radius 2 is 2.33 bits per heavy atom. The molecule has 1 fully saturated rings. The molecule has 6 heteroatoms. The van der Waals surface area contributed by atoms with Crippen LogP contribution in [-0.2, 0) is 9.59 Å². The number of hydrogen-bond donors (Lipinski definition) is 1. The van der Waals surface area contributed by atoms with Crippen LogP contribution in [0.3, 0.4) is 0 Å². The van der Waals surface area contributed by atoms with Gasteiger partial charge in [-0.05, 0) is 20.3 Å². The Labute approximate surface area is 110 Å². The summed E-state index contributed by atoms with van der Waals surface area (Å²) in [7, 11) is 0. The lowest BCUT2D eigenvalue weighted by molar-refractivity contribution is -0.151. The summed E-state index contributed by atoms with van der Waals surface area (Å²) in [6.07, 6.45) is 2.29. The molecule has 0 radical (unpaired) electrons. The van der Waals surface area contributed by atoms with Gasteiger partial charge in [0.2, 0.25) is 11.8 Å². The number of carbonyl (C=O) groups excluding carboxylic acids is 2. The predicted octanol–water partition coefficient (Wildman–Crippen LogP) is 1.33. The van der Waals surface area contributed by atoms with E-state index in [1.54, 1.807) is 18.0 Å². The molecule has 0 aliphatic carbocycles. The summed E-state index contributed by atoms with van der Waals surface area (Å²) in [5.41, 5.74) is -0.791. The molecular weight excluding hydrogens is 250 g/mol. The lowest BCUT2D eigenvalue weighted by atomic mass is 9.93. The van der Waals surface area contributed by atoms with Crippen LogP contribution in [0, 0.1) is 0 Å². The molecule has 2 unspecified atom stereocenters. The molecule has 98 valence electrons. The molecule has 5 nitrogen and oxygen atoms in total. The first-order valence-corrected chi connectivity index (χ1v) is 6.87. The second-order valence-electron chi connectivity index (χ2n) is 4.71. The molecule has 0 bridgehead atoms. The van der Waals surface area contributed by atoms with Crippen molar-refractivity contribution in [1.29, 1.82) is 0 Å². The van der Waals surface area contributed by atoms with E-state index in [4.69, 9.17) is 0 Å². The Kier molecular flexibility index (Phi) is 3.38. The Bertz CT molecular complexity index is 460. The third kappa shape index (κ3) is 2.12. The fourth-order valence-corrected chi connectivity index (χ4v) is 2.78. The van der Waals surface area contributed by atoms with Gasteiger partial charge in [0.25, 0.3) is 0 Å². The molecule has 0 spiro atoms. The SMILES string of the molecule is CCC1(C)NC(=O)CN(C(C)c2nccs2)C1=O. The Hall–Kier alpha value is -1.43. The first-order valence-electron chi connectivity index (χ1n) is 5.99. The van der Waals surface area contributed by atoms with Crippen LogP contribution in [0.15, 0.2) is 11.6 Å². The maximum atomic E-state index is 12.4. The van der Waals surface area contributed by atoms with Crippen molar-refractivity contribution < 1.29 is 9.59 Å². The molecule has 2 amide bonds. The normalized spacial score (nSPS) is 26.1. The van der Waals surface area contributed by atoms with Gasteiger partial charge in [-0.1, -0.05) is 6.92 Å². The molecular formula is C12H17N3O2S. The van der Waals surface area contributed by atoms with Gasteiger partial charge in [-0.15, -0.1) is 11.3 Å². The Balaban J connectivity index is 2.27. The zero-order valence-corrected chi connectivity index (χ0v) is 11.6. The van der Waals surface area contributed by atoms with Crippen molar-refractivity contribution in [3.8, 4) is 0 Å². The number of nitrogens with zero attached hydrogens (tertiary/aromatic N) is 2. The number of hydrogen-bond acceptors (Lipinski definition) is 4. The highest BCUT2D eigenvalue weighted by atomic mass is 32.1. The molecule has 18 heavy (non-hydrogen) atoms. The van der Waals surface area contributed by atoms with Crippen molar-refractivity contribution in [3.63, 3.8) is 0 Å². The average molecular weight is 267 g/mol. The fourth-order valence-electron chi connectivity index (χ4n) is 2.07. The topological polar surface area (TPSA) is 62.3 Å². The smallest absolute Gasteiger partial charge is 0.249 e. The lowest BCUT2D eigenvalue weighted by Crippen LogP contribution is -2.65. The van der Waals surface area contributed by atoms with Crippen LogP contribution in [0.25, 0.3) is 0 Å². The van der Waals surface area contributed by atoms with Crippen molar-refractivity contribution in [1.82, 2.24) is 15.2 Å². The van der Waals surface area contributed by atoms with E-state index in [1.807, 2.05) is 19.2 Å². The van der Waals surface area contributed by atoms with E-state index in [-0.39, 0.29) is 24.4 Å². The minimum Gasteiger partial charge on any atom is -0.340 e. The molecule has 1 aliphatic rings. The zero-order valence-electron chi connectivity index (χ0n) is 10.8. The zero-order chi connectivity index (χ0) is 13.3. The number of carbonyl (C=O) groups is 2. The minimum atomic E-state index is -0.791. The predicted molar refractivity (Wildman–Crippen MR) is 69.1 cm³/mol. The van der Waals surface area contributed by atoms with Crippen LogP contribution in [0.4, 0.5) is 0 Å². The van der Waals surface area contributed by atoms with Gasteiger partial charge < -0.3 is 10.2 Å². The second kappa shape index (κ2) is 4.68. The first kappa shape index (κ1) is 13.0. The third-order valence-corrected chi connectivity index (χ3v) is 4.39. The summed E-state index contributed by atoms with van der Waals surface area (Å²) in [5, 5.41) is 5.51. The van der Waals surface area contributed by atoms with Gasteiger partial charge in [-0.25, -0.2) is 4.98 Å². The van der Waals surface area contributed by atoms with Gasteiger partial charge >= 0.3 is 0 Å². The number of rotatable bonds is 3. The van der Waals surface area contributed by atoms with E-state index in [1.165, 1.54) is 11.3 Å². The summed E-state index contributed by atoms with van der Waals surface area (Å²) in [6.45, 7) is 5.68. The first-order chi connectivity index (χ1) is 8.48. The fraction of sp³-hybridized carbons (Fsp3) is 0.583. The van der Waals surface area contributed by atoms with Gasteiger partial charge in [0.1, 0.15) is 17.1 Å². The van der Waals surface area contributed by atoms with E-state index in [0.717, 1.165) is 5.01 Å². The highest BCUT2D eigenvalue weighted by Gasteiger charge is 2.43. The summed E-state index contributed by atoms with van der Waals surface area (Å²) >= 11 is 1.50. The summed E-state index contributed by atoms with van der Waals surface area (Å²) < 4.78 is 0. The lowest BCUT2D eigenvalue weighted by Gasteiger charge is -2.41. The van der Waals surface area contributed by atoms with Gasteiger partial charge in [-0.3, -0.25) is 9.59 Å². The Morgan fingerprint density at radius 1 is 1.61 bits per heavy atom. The minimum absolute atomic E-state index is 0.0349. The number of thiazole rings is 1. The molecule has 0 aromatic carbocycles. The third-order valence-electron chi connectivity index (χ3n) is 3.45. The summed E-state index contributed by atoms with van der Waals surface area (Å²) in [5.74, 6) is -0.144. The van der Waals surface area contributed by atoms with Crippen molar-refractivity contribution in [2.75, 3.05) is 6.54 Å². The van der Waals surface area contributed by atoms with Crippen molar-refractivity contribution in [2.24, 2.45) is 0 Å². The summed E-state index contributed by atoms with van der Waals surface area (Å²) in [4.78, 5) is 30.0. The van der Waals surface area contributed by atoms with Gasteiger partial charge in [0.15, 0.2) is 0 Å². The highest BCUT2D eigenvalue weighted by molar-refractivity contribution is 7.09. The molecule has 1 saturated heterocycles. The largest absolute Gasteiger partial charge is 0.340 e. The van der Waals surface area contributed by atoms with E-state index in [9.17, 15) is 9.59 Å². The van der Waals surface area contributed by atoms with Crippen molar-refractivity contribution in [2.45, 2.75) is 38.8 Å². The van der Waals surface area contributed by atoms with Crippen LogP contribution in [0.5, 0.6) is 0 Å². The van der Waals surface area contributed by atoms with Gasteiger partial charge in [0.05, 0.1) is 6.04 Å². The monoisotopic (exact) mass is 267 g/mol. The second-order valence-corrected chi connectivity index (χ2v) is 5.64. The van der Waals surface area contributed by atoms with Crippen LogP contribution < -0.4 is 5.32 Å². The molecule has 1 aromatic rings. The van der Waals surface area contributed by atoms with Gasteiger partial charge in [-0.2, -0.15) is 0 Å². The van der Waals surface area contributed by atoms with E-state index in [2.05, 4.69) is 10.3 Å². The van der Waals surface area contributed by atoms with E-state index in [0.29, 0.717) is 6.42 Å².